The molecule has 2 aromatic rings. The molecule has 1 N–H and O–H groups in total. The van der Waals surface area contributed by atoms with E-state index in [9.17, 15) is 0 Å². The Morgan fingerprint density at radius 1 is 0.957 bits per heavy atom. The molecule has 0 atom stereocenters. The number of methoxy groups -OCH3 is 1. The summed E-state index contributed by atoms with van der Waals surface area (Å²) in [6.45, 7) is 1.68. The highest BCUT2D eigenvalue weighted by molar-refractivity contribution is 5.85. The zero-order chi connectivity index (χ0) is 15.7. The van der Waals surface area contributed by atoms with E-state index in [1.54, 1.807) is 7.11 Å². The Labute approximate surface area is 145 Å². The number of halogens is 1. The van der Waals surface area contributed by atoms with Crippen LogP contribution < -0.4 is 5.32 Å². The summed E-state index contributed by atoms with van der Waals surface area (Å²) in [5.41, 5.74) is 1.90. The first-order chi connectivity index (χ1) is 10.8. The Bertz CT molecular complexity index is 553. The molecule has 2 aromatic carbocycles. The summed E-state index contributed by atoms with van der Waals surface area (Å²) in [6.07, 6.45) is 6.89. The molecule has 0 aliphatic carbocycles. The number of terminal acetylenes is 1. The zero-order valence-corrected chi connectivity index (χ0v) is 14.3. The second-order valence-corrected chi connectivity index (χ2v) is 5.22. The maximum Gasteiger partial charge on any atom is 0.119 e. The van der Waals surface area contributed by atoms with Gasteiger partial charge in [-0.2, -0.15) is 0 Å². The van der Waals surface area contributed by atoms with Gasteiger partial charge in [0.25, 0.3) is 0 Å². The van der Waals surface area contributed by atoms with Crippen LogP contribution in [0.3, 0.4) is 0 Å². The van der Waals surface area contributed by atoms with Gasteiger partial charge in [-0.05, 0) is 24.1 Å². The van der Waals surface area contributed by atoms with Gasteiger partial charge in [0.1, 0.15) is 5.60 Å². The van der Waals surface area contributed by atoms with Gasteiger partial charge in [0.05, 0.1) is 0 Å². The summed E-state index contributed by atoms with van der Waals surface area (Å²) in [5.74, 6) is 2.65. The lowest BCUT2D eigenvalue weighted by Gasteiger charge is -2.34. The predicted molar refractivity (Wildman–Crippen MR) is 98.9 cm³/mol. The van der Waals surface area contributed by atoms with E-state index < -0.39 is 5.60 Å². The first-order valence-corrected chi connectivity index (χ1v) is 7.64. The molecule has 23 heavy (non-hydrogen) atoms. The molecule has 0 aromatic heterocycles. The van der Waals surface area contributed by atoms with E-state index in [4.69, 9.17) is 11.2 Å². The summed E-state index contributed by atoms with van der Waals surface area (Å²) < 4.78 is 6.04. The summed E-state index contributed by atoms with van der Waals surface area (Å²) in [6, 6.07) is 20.8. The molecule has 0 saturated heterocycles. The maximum absolute atomic E-state index is 6.04. The van der Waals surface area contributed by atoms with Gasteiger partial charge in [-0.15, -0.1) is 24.8 Å². The lowest BCUT2D eigenvalue weighted by Crippen LogP contribution is -2.34. The number of benzene rings is 2. The molecule has 3 heteroatoms. The molecular formula is C20H24ClNO. The number of hydrogen-bond donors (Lipinski definition) is 1. The molecule has 0 radical (unpaired) electrons. The molecule has 0 fully saturated rings. The van der Waals surface area contributed by atoms with Crippen molar-refractivity contribution >= 4 is 12.4 Å². The van der Waals surface area contributed by atoms with Crippen molar-refractivity contribution < 1.29 is 4.74 Å². The van der Waals surface area contributed by atoms with E-state index in [1.807, 2.05) is 12.1 Å². The topological polar surface area (TPSA) is 21.3 Å². The van der Waals surface area contributed by atoms with Crippen LogP contribution >= 0.6 is 12.4 Å². The van der Waals surface area contributed by atoms with Gasteiger partial charge < -0.3 is 10.1 Å². The van der Waals surface area contributed by atoms with Crippen LogP contribution in [-0.4, -0.2) is 20.2 Å². The monoisotopic (exact) mass is 329 g/mol. The molecule has 0 spiro atoms. The SMILES string of the molecule is C#CCCNCCC(OC)(c1ccccc1)c1ccccc1.Cl. The van der Waals surface area contributed by atoms with Crippen LogP contribution in [-0.2, 0) is 10.3 Å². The fourth-order valence-electron chi connectivity index (χ4n) is 2.76. The zero-order valence-electron chi connectivity index (χ0n) is 13.5. The summed E-state index contributed by atoms with van der Waals surface area (Å²) in [7, 11) is 1.78. The van der Waals surface area contributed by atoms with Crippen LogP contribution in [0.5, 0.6) is 0 Å². The number of hydrogen-bond acceptors (Lipinski definition) is 2. The van der Waals surface area contributed by atoms with Gasteiger partial charge in [0.2, 0.25) is 0 Å². The van der Waals surface area contributed by atoms with Crippen molar-refractivity contribution in [1.29, 1.82) is 0 Å². The normalized spacial score (nSPS) is 10.6. The highest BCUT2D eigenvalue weighted by Crippen LogP contribution is 2.36. The number of ether oxygens (including phenoxy) is 1. The molecule has 0 aliphatic rings. The minimum absolute atomic E-state index is 0. The quantitative estimate of drug-likeness (QED) is 0.584. The third-order valence-corrected chi connectivity index (χ3v) is 3.93. The molecule has 0 amide bonds. The van der Waals surface area contributed by atoms with Gasteiger partial charge in [0.15, 0.2) is 0 Å². The van der Waals surface area contributed by atoms with E-state index >= 15 is 0 Å². The largest absolute Gasteiger partial charge is 0.369 e. The Kier molecular flexibility index (Phi) is 8.43. The van der Waals surface area contributed by atoms with Crippen molar-refractivity contribution in [2.45, 2.75) is 18.4 Å². The summed E-state index contributed by atoms with van der Waals surface area (Å²) in [5, 5.41) is 3.39. The van der Waals surface area contributed by atoms with Crippen LogP contribution in [0.4, 0.5) is 0 Å². The van der Waals surface area contributed by atoms with Gasteiger partial charge in [-0.1, -0.05) is 60.7 Å². The summed E-state index contributed by atoms with van der Waals surface area (Å²) >= 11 is 0. The van der Waals surface area contributed by atoms with Gasteiger partial charge in [0, 0.05) is 20.1 Å². The molecule has 2 rings (SSSR count). The minimum atomic E-state index is -0.439. The van der Waals surface area contributed by atoms with E-state index in [-0.39, 0.29) is 12.4 Å². The smallest absolute Gasteiger partial charge is 0.119 e. The molecule has 122 valence electrons. The van der Waals surface area contributed by atoms with Crippen LogP contribution in [0.1, 0.15) is 24.0 Å². The van der Waals surface area contributed by atoms with Gasteiger partial charge >= 0.3 is 0 Å². The van der Waals surface area contributed by atoms with Crippen molar-refractivity contribution in [3.63, 3.8) is 0 Å². The fourth-order valence-corrected chi connectivity index (χ4v) is 2.76. The van der Waals surface area contributed by atoms with Crippen LogP contribution in [0.2, 0.25) is 0 Å². The van der Waals surface area contributed by atoms with Crippen LogP contribution in [0.15, 0.2) is 60.7 Å². The van der Waals surface area contributed by atoms with Gasteiger partial charge in [-0.25, -0.2) is 0 Å². The average Bonchev–Trinajstić information content (AvgIpc) is 2.60. The fraction of sp³-hybridized carbons (Fsp3) is 0.300. The van der Waals surface area contributed by atoms with Crippen molar-refractivity contribution in [1.82, 2.24) is 5.32 Å². The van der Waals surface area contributed by atoms with E-state index in [0.717, 1.165) is 25.9 Å². The lowest BCUT2D eigenvalue weighted by molar-refractivity contribution is 0.0148. The van der Waals surface area contributed by atoms with Crippen LogP contribution in [0, 0.1) is 12.3 Å². The highest BCUT2D eigenvalue weighted by atomic mass is 35.5. The molecule has 0 aliphatic heterocycles. The Hall–Kier alpha value is -1.79. The van der Waals surface area contributed by atoms with E-state index in [2.05, 4.69) is 59.8 Å². The van der Waals surface area contributed by atoms with Crippen LogP contribution in [0.25, 0.3) is 0 Å². The second-order valence-electron chi connectivity index (χ2n) is 5.22. The minimum Gasteiger partial charge on any atom is -0.369 e. The van der Waals surface area contributed by atoms with Crippen molar-refractivity contribution in [3.05, 3.63) is 71.8 Å². The highest BCUT2D eigenvalue weighted by Gasteiger charge is 2.33. The Balaban J connectivity index is 0.00000264. The molecule has 0 unspecified atom stereocenters. The first-order valence-electron chi connectivity index (χ1n) is 7.64. The predicted octanol–water partition coefficient (Wildman–Crippen LogP) is 4.00. The maximum atomic E-state index is 6.04. The standard InChI is InChI=1S/C20H23NO.ClH/c1-3-4-16-21-17-15-20(22-2,18-11-7-5-8-12-18)19-13-9-6-10-14-19;/h1,5-14,21H,4,15-17H2,2H3;1H. The van der Waals surface area contributed by atoms with Crippen molar-refractivity contribution in [2.24, 2.45) is 0 Å². The van der Waals surface area contributed by atoms with Gasteiger partial charge in [-0.3, -0.25) is 0 Å². The van der Waals surface area contributed by atoms with E-state index in [0.29, 0.717) is 0 Å². The lowest BCUT2D eigenvalue weighted by atomic mass is 9.83. The number of rotatable bonds is 8. The molecule has 0 bridgehead atoms. The molecule has 0 saturated carbocycles. The molecule has 2 nitrogen and oxygen atoms in total. The average molecular weight is 330 g/mol. The third-order valence-electron chi connectivity index (χ3n) is 3.93. The Morgan fingerprint density at radius 3 is 1.91 bits per heavy atom. The van der Waals surface area contributed by atoms with E-state index in [1.165, 1.54) is 11.1 Å². The summed E-state index contributed by atoms with van der Waals surface area (Å²) in [4.78, 5) is 0. The Morgan fingerprint density at radius 2 is 1.48 bits per heavy atom. The second kappa shape index (κ2) is 10.1. The molecular weight excluding hydrogens is 306 g/mol. The third kappa shape index (κ3) is 4.84. The first kappa shape index (κ1) is 19.3. The van der Waals surface area contributed by atoms with Crippen molar-refractivity contribution in [3.8, 4) is 12.3 Å². The van der Waals surface area contributed by atoms with Crippen molar-refractivity contribution in [2.75, 3.05) is 20.2 Å². The number of nitrogens with one attached hydrogen (secondary N) is 1. The molecule has 0 heterocycles.